The van der Waals surface area contributed by atoms with E-state index in [2.05, 4.69) is 10.3 Å². The second-order valence-electron chi connectivity index (χ2n) is 4.38. The lowest BCUT2D eigenvalue weighted by atomic mass is 9.91. The van der Waals surface area contributed by atoms with Crippen LogP contribution in [0.3, 0.4) is 0 Å². The molecular weight excluding hydrogens is 208 g/mol. The van der Waals surface area contributed by atoms with E-state index in [1.54, 1.807) is 11.3 Å². The van der Waals surface area contributed by atoms with Crippen molar-refractivity contribution in [3.05, 3.63) is 16.6 Å². The van der Waals surface area contributed by atoms with Crippen LogP contribution in [0, 0.1) is 0 Å². The molecule has 0 aromatic carbocycles. The maximum absolute atomic E-state index is 6.07. The van der Waals surface area contributed by atoms with E-state index in [1.807, 2.05) is 11.6 Å². The molecule has 3 nitrogen and oxygen atoms in total. The van der Waals surface area contributed by atoms with E-state index in [4.69, 9.17) is 4.74 Å². The molecule has 1 aromatic rings. The van der Waals surface area contributed by atoms with Crippen molar-refractivity contribution in [1.82, 2.24) is 10.3 Å². The highest BCUT2D eigenvalue weighted by Crippen LogP contribution is 2.44. The zero-order chi connectivity index (χ0) is 10.1. The molecule has 4 heteroatoms. The summed E-state index contributed by atoms with van der Waals surface area (Å²) in [5, 5.41) is 6.82. The van der Waals surface area contributed by atoms with Gasteiger partial charge in [-0.25, -0.2) is 4.98 Å². The number of hydrogen-bond donors (Lipinski definition) is 1. The Morgan fingerprint density at radius 1 is 1.47 bits per heavy atom. The Bertz CT molecular complexity index is 319. The smallest absolute Gasteiger partial charge is 0.112 e. The van der Waals surface area contributed by atoms with Gasteiger partial charge in [-0.15, -0.1) is 11.3 Å². The molecule has 0 radical (unpaired) electrons. The summed E-state index contributed by atoms with van der Waals surface area (Å²) < 4.78 is 6.07. The standard InChI is InChI=1S/C11H16N2OS/c1-2-4-11(3-1)9(12-5-7-14-11)10-13-6-8-15-10/h6,8-9,12H,1-5,7H2. The third-order valence-electron chi connectivity index (χ3n) is 3.51. The first-order chi connectivity index (χ1) is 7.41. The van der Waals surface area contributed by atoms with Crippen molar-refractivity contribution in [3.63, 3.8) is 0 Å². The minimum atomic E-state index is 0.0517. The van der Waals surface area contributed by atoms with Crippen molar-refractivity contribution in [3.8, 4) is 0 Å². The Labute approximate surface area is 93.9 Å². The second-order valence-corrected chi connectivity index (χ2v) is 5.30. The highest BCUT2D eigenvalue weighted by Gasteiger charge is 2.45. The van der Waals surface area contributed by atoms with E-state index in [1.165, 1.54) is 30.7 Å². The highest BCUT2D eigenvalue weighted by molar-refractivity contribution is 7.09. The molecule has 2 heterocycles. The van der Waals surface area contributed by atoms with Crippen LogP contribution in [0.1, 0.15) is 36.7 Å². The quantitative estimate of drug-likeness (QED) is 0.793. The number of hydrogen-bond acceptors (Lipinski definition) is 4. The summed E-state index contributed by atoms with van der Waals surface area (Å²) in [6.07, 6.45) is 6.85. The van der Waals surface area contributed by atoms with Gasteiger partial charge in [0.15, 0.2) is 0 Å². The molecule has 1 aliphatic carbocycles. The highest BCUT2D eigenvalue weighted by atomic mass is 32.1. The van der Waals surface area contributed by atoms with E-state index in [-0.39, 0.29) is 5.60 Å². The van der Waals surface area contributed by atoms with Crippen LogP contribution in [0.5, 0.6) is 0 Å². The minimum Gasteiger partial charge on any atom is -0.372 e. The van der Waals surface area contributed by atoms with Crippen molar-refractivity contribution in [1.29, 1.82) is 0 Å². The zero-order valence-corrected chi connectivity index (χ0v) is 9.55. The zero-order valence-electron chi connectivity index (χ0n) is 8.74. The molecule has 1 unspecified atom stereocenters. The lowest BCUT2D eigenvalue weighted by Crippen LogP contribution is -2.50. The summed E-state index contributed by atoms with van der Waals surface area (Å²) in [7, 11) is 0. The first-order valence-electron chi connectivity index (χ1n) is 5.67. The summed E-state index contributed by atoms with van der Waals surface area (Å²) in [5.41, 5.74) is 0.0517. The summed E-state index contributed by atoms with van der Waals surface area (Å²) >= 11 is 1.74. The molecule has 15 heavy (non-hydrogen) atoms. The Balaban J connectivity index is 1.90. The lowest BCUT2D eigenvalue weighted by Gasteiger charge is -2.41. The van der Waals surface area contributed by atoms with Gasteiger partial charge in [0, 0.05) is 18.1 Å². The average Bonchev–Trinajstić information content (AvgIpc) is 2.90. The molecule has 1 atom stereocenters. The van der Waals surface area contributed by atoms with Crippen molar-refractivity contribution in [2.24, 2.45) is 0 Å². The Hall–Kier alpha value is -0.450. The van der Waals surface area contributed by atoms with Crippen LogP contribution in [0.25, 0.3) is 0 Å². The predicted molar refractivity (Wildman–Crippen MR) is 60.0 cm³/mol. The number of morpholine rings is 1. The summed E-state index contributed by atoms with van der Waals surface area (Å²) in [4.78, 5) is 4.43. The summed E-state index contributed by atoms with van der Waals surface area (Å²) in [6.45, 7) is 1.80. The van der Waals surface area contributed by atoms with Crippen molar-refractivity contribution in [2.75, 3.05) is 13.2 Å². The van der Waals surface area contributed by atoms with Crippen LogP contribution >= 0.6 is 11.3 Å². The van der Waals surface area contributed by atoms with Gasteiger partial charge in [0.1, 0.15) is 5.01 Å². The third kappa shape index (κ3) is 1.61. The molecule has 1 aliphatic heterocycles. The molecule has 0 amide bonds. The van der Waals surface area contributed by atoms with Crippen LogP contribution in [0.2, 0.25) is 0 Å². The fraction of sp³-hybridized carbons (Fsp3) is 0.727. The van der Waals surface area contributed by atoms with Gasteiger partial charge < -0.3 is 10.1 Å². The summed E-state index contributed by atoms with van der Waals surface area (Å²) in [6, 6.07) is 0.328. The van der Waals surface area contributed by atoms with E-state index in [0.29, 0.717) is 6.04 Å². The van der Waals surface area contributed by atoms with E-state index in [9.17, 15) is 0 Å². The van der Waals surface area contributed by atoms with Crippen molar-refractivity contribution < 1.29 is 4.74 Å². The maximum Gasteiger partial charge on any atom is 0.112 e. The van der Waals surface area contributed by atoms with Gasteiger partial charge in [-0.1, -0.05) is 12.8 Å². The second kappa shape index (κ2) is 3.85. The topological polar surface area (TPSA) is 34.1 Å². The van der Waals surface area contributed by atoms with Gasteiger partial charge in [-0.3, -0.25) is 0 Å². The SMILES string of the molecule is c1csc(C2NCCOC23CCCC3)n1. The van der Waals surface area contributed by atoms with Crippen LogP contribution < -0.4 is 5.32 Å². The molecule has 2 fully saturated rings. The van der Waals surface area contributed by atoms with Crippen molar-refractivity contribution in [2.45, 2.75) is 37.3 Å². The molecule has 1 N–H and O–H groups in total. The van der Waals surface area contributed by atoms with Gasteiger partial charge in [0.05, 0.1) is 18.2 Å². The maximum atomic E-state index is 6.07. The number of ether oxygens (including phenoxy) is 1. The monoisotopic (exact) mass is 224 g/mol. The van der Waals surface area contributed by atoms with Crippen LogP contribution in [0.4, 0.5) is 0 Å². The van der Waals surface area contributed by atoms with E-state index < -0.39 is 0 Å². The summed E-state index contributed by atoms with van der Waals surface area (Å²) in [5.74, 6) is 0. The van der Waals surface area contributed by atoms with Crippen molar-refractivity contribution >= 4 is 11.3 Å². The number of aromatic nitrogens is 1. The molecule has 1 aromatic heterocycles. The molecule has 3 rings (SSSR count). The molecule has 1 saturated heterocycles. The molecular formula is C11H16N2OS. The Morgan fingerprint density at radius 3 is 3.07 bits per heavy atom. The first-order valence-corrected chi connectivity index (χ1v) is 6.55. The number of thiazole rings is 1. The van der Waals surface area contributed by atoms with E-state index in [0.717, 1.165) is 13.2 Å². The normalized spacial score (nSPS) is 29.7. The van der Waals surface area contributed by atoms with Gasteiger partial charge >= 0.3 is 0 Å². The number of nitrogens with zero attached hydrogens (tertiary/aromatic N) is 1. The molecule has 1 saturated carbocycles. The number of rotatable bonds is 1. The van der Waals surface area contributed by atoms with E-state index >= 15 is 0 Å². The fourth-order valence-electron chi connectivity index (χ4n) is 2.82. The Kier molecular flexibility index (Phi) is 2.50. The van der Waals surface area contributed by atoms with Gasteiger partial charge in [0.2, 0.25) is 0 Å². The Morgan fingerprint density at radius 2 is 2.33 bits per heavy atom. The third-order valence-corrected chi connectivity index (χ3v) is 4.35. The first kappa shape index (κ1) is 9.75. The molecule has 2 aliphatic rings. The molecule has 82 valence electrons. The molecule has 1 spiro atoms. The number of nitrogens with one attached hydrogen (secondary N) is 1. The van der Waals surface area contributed by atoms with Gasteiger partial charge in [0.25, 0.3) is 0 Å². The van der Waals surface area contributed by atoms with Crippen LogP contribution in [-0.2, 0) is 4.74 Å². The largest absolute Gasteiger partial charge is 0.372 e. The van der Waals surface area contributed by atoms with Crippen LogP contribution in [-0.4, -0.2) is 23.7 Å². The predicted octanol–water partition coefficient (Wildman–Crippen LogP) is 2.12. The van der Waals surface area contributed by atoms with Gasteiger partial charge in [-0.05, 0) is 12.8 Å². The van der Waals surface area contributed by atoms with Crippen LogP contribution in [0.15, 0.2) is 11.6 Å². The average molecular weight is 224 g/mol. The molecule has 0 bridgehead atoms. The minimum absolute atomic E-state index is 0.0517. The van der Waals surface area contributed by atoms with Gasteiger partial charge in [-0.2, -0.15) is 0 Å². The lowest BCUT2D eigenvalue weighted by molar-refractivity contribution is -0.0935. The fourth-order valence-corrected chi connectivity index (χ4v) is 3.64.